The molecule has 1 aromatic heterocycles. The highest BCUT2D eigenvalue weighted by molar-refractivity contribution is 7.13. The Balaban J connectivity index is 2.07. The number of hydrogen-bond acceptors (Lipinski definition) is 4. The van der Waals surface area contributed by atoms with Crippen molar-refractivity contribution < 1.29 is 4.79 Å². The Kier molecular flexibility index (Phi) is 5.16. The van der Waals surface area contributed by atoms with Crippen molar-refractivity contribution in [1.82, 2.24) is 4.98 Å². The van der Waals surface area contributed by atoms with Crippen LogP contribution in [0.3, 0.4) is 0 Å². The van der Waals surface area contributed by atoms with Crippen LogP contribution < -0.4 is 11.1 Å². The fourth-order valence-corrected chi connectivity index (χ4v) is 3.63. The van der Waals surface area contributed by atoms with Gasteiger partial charge >= 0.3 is 0 Å². The van der Waals surface area contributed by atoms with Gasteiger partial charge in [-0.15, -0.1) is 11.3 Å². The van der Waals surface area contributed by atoms with Crippen molar-refractivity contribution in [1.29, 1.82) is 0 Å². The zero-order valence-corrected chi connectivity index (χ0v) is 13.3. The van der Waals surface area contributed by atoms with Crippen molar-refractivity contribution in [2.75, 3.05) is 11.9 Å². The molecule has 0 saturated heterocycles. The number of nitrogens with zero attached hydrogens (tertiary/aromatic N) is 1. The van der Waals surface area contributed by atoms with Gasteiger partial charge in [-0.25, -0.2) is 4.98 Å². The highest BCUT2D eigenvalue weighted by Gasteiger charge is 2.37. The van der Waals surface area contributed by atoms with Crippen molar-refractivity contribution in [2.45, 2.75) is 58.3 Å². The predicted octanol–water partition coefficient (Wildman–Crippen LogP) is 3.50. The molecule has 1 amide bonds. The Morgan fingerprint density at radius 3 is 2.55 bits per heavy atom. The van der Waals surface area contributed by atoms with Crippen LogP contribution in [-0.2, 0) is 4.79 Å². The van der Waals surface area contributed by atoms with Crippen LogP contribution >= 0.6 is 11.3 Å². The van der Waals surface area contributed by atoms with E-state index in [1.165, 1.54) is 24.2 Å². The van der Waals surface area contributed by atoms with E-state index >= 15 is 0 Å². The molecular weight excluding hydrogens is 270 g/mol. The third kappa shape index (κ3) is 3.38. The van der Waals surface area contributed by atoms with Gasteiger partial charge in [0, 0.05) is 11.9 Å². The molecule has 1 fully saturated rings. The highest BCUT2D eigenvalue weighted by Crippen LogP contribution is 2.35. The van der Waals surface area contributed by atoms with Gasteiger partial charge in [0.15, 0.2) is 5.13 Å². The third-order valence-electron chi connectivity index (χ3n) is 4.27. The van der Waals surface area contributed by atoms with Crippen LogP contribution in [0.15, 0.2) is 5.38 Å². The van der Waals surface area contributed by atoms with E-state index in [1.807, 2.05) is 5.38 Å². The monoisotopic (exact) mass is 295 g/mol. The third-order valence-corrected chi connectivity index (χ3v) is 5.04. The van der Waals surface area contributed by atoms with E-state index in [0.717, 1.165) is 31.4 Å². The van der Waals surface area contributed by atoms with E-state index in [1.54, 1.807) is 0 Å². The number of hydrogen-bond donors (Lipinski definition) is 2. The lowest BCUT2D eigenvalue weighted by molar-refractivity contribution is -0.125. The largest absolute Gasteiger partial charge is 0.329 e. The summed E-state index contributed by atoms with van der Waals surface area (Å²) >= 11 is 1.50. The molecule has 1 aromatic rings. The van der Waals surface area contributed by atoms with Crippen LogP contribution in [-0.4, -0.2) is 17.4 Å². The SMILES string of the molecule is CC(C)c1csc(NC(=O)C2(CN)CCCCCC2)n1. The van der Waals surface area contributed by atoms with Crippen LogP contribution in [0.5, 0.6) is 0 Å². The molecule has 1 aliphatic carbocycles. The Bertz CT molecular complexity index is 448. The molecule has 0 aliphatic heterocycles. The van der Waals surface area contributed by atoms with Crippen molar-refractivity contribution in [2.24, 2.45) is 11.1 Å². The first kappa shape index (κ1) is 15.4. The highest BCUT2D eigenvalue weighted by atomic mass is 32.1. The van der Waals surface area contributed by atoms with Gasteiger partial charge in [-0.1, -0.05) is 39.5 Å². The molecule has 3 N–H and O–H groups in total. The summed E-state index contributed by atoms with van der Waals surface area (Å²) in [5.41, 5.74) is 6.58. The van der Waals surface area contributed by atoms with Crippen molar-refractivity contribution in [3.05, 3.63) is 11.1 Å². The first-order valence-corrected chi connectivity index (χ1v) is 8.42. The number of carbonyl (C=O) groups is 1. The van der Waals surface area contributed by atoms with Crippen LogP contribution in [0.2, 0.25) is 0 Å². The van der Waals surface area contributed by atoms with E-state index < -0.39 is 0 Å². The van der Waals surface area contributed by atoms with Gasteiger partial charge in [0.1, 0.15) is 0 Å². The lowest BCUT2D eigenvalue weighted by atomic mass is 9.79. The topological polar surface area (TPSA) is 68.0 Å². The summed E-state index contributed by atoms with van der Waals surface area (Å²) in [6.07, 6.45) is 6.42. The molecule has 0 unspecified atom stereocenters. The van der Waals surface area contributed by atoms with Gasteiger partial charge in [-0.3, -0.25) is 4.79 Å². The molecule has 4 nitrogen and oxygen atoms in total. The maximum atomic E-state index is 12.6. The molecule has 20 heavy (non-hydrogen) atoms. The quantitative estimate of drug-likeness (QED) is 0.835. The summed E-state index contributed by atoms with van der Waals surface area (Å²) in [5.74, 6) is 0.449. The zero-order valence-electron chi connectivity index (χ0n) is 12.4. The summed E-state index contributed by atoms with van der Waals surface area (Å²) in [6.45, 7) is 4.64. The number of thiazole rings is 1. The van der Waals surface area contributed by atoms with Gasteiger partial charge in [0.2, 0.25) is 5.91 Å². The van der Waals surface area contributed by atoms with Crippen LogP contribution in [0.25, 0.3) is 0 Å². The van der Waals surface area contributed by atoms with Gasteiger partial charge in [0.05, 0.1) is 11.1 Å². The Morgan fingerprint density at radius 2 is 2.05 bits per heavy atom. The van der Waals surface area contributed by atoms with Gasteiger partial charge in [-0.05, 0) is 18.8 Å². The summed E-state index contributed by atoms with van der Waals surface area (Å²) in [4.78, 5) is 17.1. The van der Waals surface area contributed by atoms with Crippen molar-refractivity contribution >= 4 is 22.4 Å². The van der Waals surface area contributed by atoms with Crippen molar-refractivity contribution in [3.8, 4) is 0 Å². The maximum absolute atomic E-state index is 12.6. The Labute approximate surface area is 125 Å². The van der Waals surface area contributed by atoms with Gasteiger partial charge < -0.3 is 11.1 Å². The van der Waals surface area contributed by atoms with E-state index in [9.17, 15) is 4.79 Å². The maximum Gasteiger partial charge on any atom is 0.233 e. The van der Waals surface area contributed by atoms with E-state index in [-0.39, 0.29) is 11.3 Å². The molecule has 1 saturated carbocycles. The summed E-state index contributed by atoms with van der Waals surface area (Å²) in [5, 5.41) is 5.72. The molecule has 5 heteroatoms. The predicted molar refractivity (Wildman–Crippen MR) is 84.0 cm³/mol. The molecular formula is C15H25N3OS. The van der Waals surface area contributed by atoms with Crippen molar-refractivity contribution in [3.63, 3.8) is 0 Å². The second-order valence-electron chi connectivity index (χ2n) is 6.09. The second kappa shape index (κ2) is 6.68. The molecule has 1 heterocycles. The van der Waals surface area contributed by atoms with Crippen LogP contribution in [0.1, 0.15) is 64.0 Å². The average Bonchev–Trinajstić information content (AvgIpc) is 2.75. The average molecular weight is 295 g/mol. The first-order chi connectivity index (χ1) is 9.57. The fraction of sp³-hybridized carbons (Fsp3) is 0.733. The standard InChI is InChI=1S/C15H25N3OS/c1-11(2)12-9-20-14(17-12)18-13(19)15(10-16)7-5-3-4-6-8-15/h9,11H,3-8,10,16H2,1-2H3,(H,17,18,19). The van der Waals surface area contributed by atoms with E-state index in [0.29, 0.717) is 17.6 Å². The Hall–Kier alpha value is -0.940. The van der Waals surface area contributed by atoms with Crippen LogP contribution in [0.4, 0.5) is 5.13 Å². The number of nitrogens with two attached hydrogens (primary N) is 1. The minimum Gasteiger partial charge on any atom is -0.329 e. The number of aromatic nitrogens is 1. The van der Waals surface area contributed by atoms with E-state index in [2.05, 4.69) is 24.1 Å². The Morgan fingerprint density at radius 1 is 1.40 bits per heavy atom. The fourth-order valence-electron chi connectivity index (χ4n) is 2.77. The molecule has 112 valence electrons. The van der Waals surface area contributed by atoms with Crippen LogP contribution in [0, 0.1) is 5.41 Å². The smallest absolute Gasteiger partial charge is 0.233 e. The minimum atomic E-state index is -0.389. The summed E-state index contributed by atoms with van der Waals surface area (Å²) < 4.78 is 0. The molecule has 2 rings (SSSR count). The second-order valence-corrected chi connectivity index (χ2v) is 6.94. The number of anilines is 1. The lowest BCUT2D eigenvalue weighted by Gasteiger charge is -2.29. The summed E-state index contributed by atoms with van der Waals surface area (Å²) in [7, 11) is 0. The number of amides is 1. The molecule has 0 bridgehead atoms. The minimum absolute atomic E-state index is 0.0616. The molecule has 0 atom stereocenters. The molecule has 0 radical (unpaired) electrons. The number of nitrogens with one attached hydrogen (secondary N) is 1. The van der Waals surface area contributed by atoms with Gasteiger partial charge in [0.25, 0.3) is 0 Å². The number of rotatable bonds is 4. The molecule has 1 aliphatic rings. The van der Waals surface area contributed by atoms with Gasteiger partial charge in [-0.2, -0.15) is 0 Å². The lowest BCUT2D eigenvalue weighted by Crippen LogP contribution is -2.42. The van der Waals surface area contributed by atoms with E-state index in [4.69, 9.17) is 5.73 Å². The normalized spacial score (nSPS) is 18.8. The number of carbonyl (C=O) groups excluding carboxylic acids is 1. The first-order valence-electron chi connectivity index (χ1n) is 7.54. The summed E-state index contributed by atoms with van der Waals surface area (Å²) in [6, 6.07) is 0. The molecule has 0 spiro atoms. The molecule has 0 aromatic carbocycles. The zero-order chi connectivity index (χ0) is 14.6.